The van der Waals surface area contributed by atoms with E-state index < -0.39 is 0 Å². The average Bonchev–Trinajstić information content (AvgIpc) is 3.17. The van der Waals surface area contributed by atoms with Crippen LogP contribution >= 0.6 is 0 Å². The molecule has 32 heavy (non-hydrogen) atoms. The van der Waals surface area contributed by atoms with E-state index in [1.54, 1.807) is 0 Å². The number of rotatable bonds is 5. The highest BCUT2D eigenvalue weighted by molar-refractivity contribution is 5.84. The summed E-state index contributed by atoms with van der Waals surface area (Å²) in [6, 6.07) is 22.1. The minimum atomic E-state index is 0.0936. The molecule has 5 heteroatoms. The van der Waals surface area contributed by atoms with E-state index in [0.717, 1.165) is 26.3 Å². The molecule has 1 atom stereocenters. The van der Waals surface area contributed by atoms with Crippen molar-refractivity contribution in [2.24, 2.45) is 7.05 Å². The first kappa shape index (κ1) is 20.6. The maximum atomic E-state index is 5.52. The Labute approximate surface area is 190 Å². The van der Waals surface area contributed by atoms with Gasteiger partial charge in [-0.2, -0.15) is 4.57 Å². The summed E-state index contributed by atoms with van der Waals surface area (Å²) >= 11 is 0. The summed E-state index contributed by atoms with van der Waals surface area (Å²) in [7, 11) is 6.29. The molecule has 0 aliphatic carbocycles. The fraction of sp³-hybridized carbons (Fsp3) is 0.296. The average molecular weight is 428 g/mol. The highest BCUT2D eigenvalue weighted by Crippen LogP contribution is 2.31. The van der Waals surface area contributed by atoms with Crippen LogP contribution in [0.1, 0.15) is 17.2 Å². The number of aromatic nitrogens is 2. The van der Waals surface area contributed by atoms with E-state index in [2.05, 4.69) is 119 Å². The SMILES string of the molecule is CN(C)c1ccc(C(c2cn(C)c3ccccc23)[n+]2ccc(N3CCOCC3)cc2)cc1. The Bertz CT molecular complexity index is 1190. The van der Waals surface area contributed by atoms with Crippen molar-refractivity contribution in [3.63, 3.8) is 0 Å². The Kier molecular flexibility index (Phi) is 5.58. The molecule has 1 aliphatic heterocycles. The summed E-state index contributed by atoms with van der Waals surface area (Å²) < 4.78 is 10.1. The molecule has 5 rings (SSSR count). The molecule has 0 saturated carbocycles. The van der Waals surface area contributed by atoms with Crippen LogP contribution < -0.4 is 14.4 Å². The first-order valence-corrected chi connectivity index (χ1v) is 11.3. The van der Waals surface area contributed by atoms with Gasteiger partial charge < -0.3 is 19.1 Å². The molecular weight excluding hydrogens is 396 g/mol. The van der Waals surface area contributed by atoms with Crippen molar-refractivity contribution in [1.29, 1.82) is 0 Å². The van der Waals surface area contributed by atoms with Crippen molar-refractivity contribution < 1.29 is 9.30 Å². The number of para-hydroxylation sites is 1. The topological polar surface area (TPSA) is 24.5 Å². The van der Waals surface area contributed by atoms with Crippen molar-refractivity contribution >= 4 is 22.3 Å². The summed E-state index contributed by atoms with van der Waals surface area (Å²) in [5.74, 6) is 0. The zero-order valence-corrected chi connectivity index (χ0v) is 19.1. The minimum Gasteiger partial charge on any atom is -0.378 e. The van der Waals surface area contributed by atoms with Crippen LogP contribution in [0, 0.1) is 0 Å². The van der Waals surface area contributed by atoms with Crippen LogP contribution in [0.4, 0.5) is 11.4 Å². The van der Waals surface area contributed by atoms with Gasteiger partial charge in [0.1, 0.15) is 0 Å². The van der Waals surface area contributed by atoms with Gasteiger partial charge in [0, 0.05) is 80.4 Å². The van der Waals surface area contributed by atoms with Crippen molar-refractivity contribution in [2.45, 2.75) is 6.04 Å². The number of fused-ring (bicyclic) bond motifs is 1. The maximum Gasteiger partial charge on any atom is 0.211 e. The van der Waals surface area contributed by atoms with Gasteiger partial charge in [-0.25, -0.2) is 0 Å². The van der Waals surface area contributed by atoms with Crippen LogP contribution in [0.15, 0.2) is 79.3 Å². The zero-order valence-electron chi connectivity index (χ0n) is 19.1. The highest BCUT2D eigenvalue weighted by atomic mass is 16.5. The lowest BCUT2D eigenvalue weighted by atomic mass is 9.97. The molecule has 0 N–H and O–H groups in total. The van der Waals surface area contributed by atoms with Gasteiger partial charge in [0.05, 0.1) is 18.8 Å². The molecule has 164 valence electrons. The number of aryl methyl sites for hydroxylation is 1. The Morgan fingerprint density at radius 3 is 2.28 bits per heavy atom. The number of anilines is 2. The molecule has 5 nitrogen and oxygen atoms in total. The van der Waals surface area contributed by atoms with Gasteiger partial charge in [0.25, 0.3) is 0 Å². The molecular formula is C27H31N4O+. The number of nitrogens with zero attached hydrogens (tertiary/aromatic N) is 4. The van der Waals surface area contributed by atoms with E-state index in [-0.39, 0.29) is 6.04 Å². The number of benzene rings is 2. The largest absolute Gasteiger partial charge is 0.378 e. The quantitative estimate of drug-likeness (QED) is 0.450. The summed E-state index contributed by atoms with van der Waals surface area (Å²) in [6.07, 6.45) is 6.71. The maximum absolute atomic E-state index is 5.52. The van der Waals surface area contributed by atoms with Gasteiger partial charge in [-0.15, -0.1) is 0 Å². The van der Waals surface area contributed by atoms with Crippen molar-refractivity contribution in [2.75, 3.05) is 50.2 Å². The fourth-order valence-electron chi connectivity index (χ4n) is 4.69. The van der Waals surface area contributed by atoms with Gasteiger partial charge in [-0.05, 0) is 30.3 Å². The summed E-state index contributed by atoms with van der Waals surface area (Å²) in [5, 5.41) is 1.29. The van der Waals surface area contributed by atoms with Crippen LogP contribution in [0.2, 0.25) is 0 Å². The van der Waals surface area contributed by atoms with Crippen molar-refractivity contribution in [3.05, 3.63) is 90.4 Å². The predicted octanol–water partition coefficient (Wildman–Crippen LogP) is 4.01. The summed E-state index contributed by atoms with van der Waals surface area (Å²) in [6.45, 7) is 3.49. The number of hydrogen-bond donors (Lipinski definition) is 0. The van der Waals surface area contributed by atoms with Gasteiger partial charge in [0.2, 0.25) is 6.04 Å². The van der Waals surface area contributed by atoms with Gasteiger partial charge in [0.15, 0.2) is 12.4 Å². The number of hydrogen-bond acceptors (Lipinski definition) is 3. The van der Waals surface area contributed by atoms with Crippen LogP contribution in [0.3, 0.4) is 0 Å². The van der Waals surface area contributed by atoms with Gasteiger partial charge in [-0.3, -0.25) is 0 Å². The molecule has 0 bridgehead atoms. The van der Waals surface area contributed by atoms with E-state index in [1.807, 2.05) is 0 Å². The Hall–Kier alpha value is -3.31. The van der Waals surface area contributed by atoms with E-state index in [9.17, 15) is 0 Å². The third kappa shape index (κ3) is 3.84. The smallest absolute Gasteiger partial charge is 0.211 e. The lowest BCUT2D eigenvalue weighted by Gasteiger charge is -2.28. The predicted molar refractivity (Wildman–Crippen MR) is 131 cm³/mol. The molecule has 2 aromatic carbocycles. The molecule has 0 spiro atoms. The highest BCUT2D eigenvalue weighted by Gasteiger charge is 2.27. The second kappa shape index (κ2) is 8.67. The fourth-order valence-corrected chi connectivity index (χ4v) is 4.69. The third-order valence-electron chi connectivity index (χ3n) is 6.46. The van der Waals surface area contributed by atoms with E-state index in [1.165, 1.54) is 33.4 Å². The number of ether oxygens (including phenoxy) is 1. The lowest BCUT2D eigenvalue weighted by molar-refractivity contribution is -0.704. The molecule has 1 fully saturated rings. The lowest BCUT2D eigenvalue weighted by Crippen LogP contribution is -2.41. The molecule has 2 aromatic heterocycles. The van der Waals surface area contributed by atoms with E-state index in [4.69, 9.17) is 4.74 Å². The Balaban J connectivity index is 1.59. The molecule has 3 heterocycles. The number of morpholine rings is 1. The van der Waals surface area contributed by atoms with Crippen molar-refractivity contribution in [1.82, 2.24) is 4.57 Å². The van der Waals surface area contributed by atoms with E-state index in [0.29, 0.717) is 0 Å². The first-order valence-electron chi connectivity index (χ1n) is 11.3. The van der Waals surface area contributed by atoms with Gasteiger partial charge >= 0.3 is 0 Å². The van der Waals surface area contributed by atoms with Gasteiger partial charge in [-0.1, -0.05) is 18.2 Å². The molecule has 0 radical (unpaired) electrons. The van der Waals surface area contributed by atoms with E-state index >= 15 is 0 Å². The van der Waals surface area contributed by atoms with Crippen LogP contribution in [-0.2, 0) is 11.8 Å². The second-order valence-electron chi connectivity index (χ2n) is 8.70. The van der Waals surface area contributed by atoms with Crippen LogP contribution in [-0.4, -0.2) is 45.0 Å². The second-order valence-corrected chi connectivity index (χ2v) is 8.70. The van der Waals surface area contributed by atoms with Crippen LogP contribution in [0.5, 0.6) is 0 Å². The first-order chi connectivity index (χ1) is 15.6. The van der Waals surface area contributed by atoms with Crippen molar-refractivity contribution in [3.8, 4) is 0 Å². The molecule has 1 saturated heterocycles. The van der Waals surface area contributed by atoms with Crippen LogP contribution in [0.25, 0.3) is 10.9 Å². The Morgan fingerprint density at radius 2 is 1.59 bits per heavy atom. The number of pyridine rings is 1. The molecule has 0 amide bonds. The molecule has 1 unspecified atom stereocenters. The Morgan fingerprint density at radius 1 is 0.906 bits per heavy atom. The molecule has 4 aromatic rings. The monoisotopic (exact) mass is 427 g/mol. The zero-order chi connectivity index (χ0) is 22.1. The standard InChI is InChI=1S/C27H31N4O/c1-28(2)22-10-8-21(9-11-22)27(25-20-29(3)26-7-5-4-6-24(25)26)31-14-12-23(13-15-31)30-16-18-32-19-17-30/h4-15,20,27H,16-19H2,1-3H3/q+1. The summed E-state index contributed by atoms with van der Waals surface area (Å²) in [4.78, 5) is 4.54. The normalized spacial score (nSPS) is 15.2. The summed E-state index contributed by atoms with van der Waals surface area (Å²) in [5.41, 5.74) is 6.30. The molecule has 1 aliphatic rings. The minimum absolute atomic E-state index is 0.0936. The third-order valence-corrected chi connectivity index (χ3v) is 6.46.